The summed E-state index contributed by atoms with van der Waals surface area (Å²) in [5.41, 5.74) is 3.34. The van der Waals surface area contributed by atoms with Crippen LogP contribution in [0.25, 0.3) is 22.4 Å². The average Bonchev–Trinajstić information content (AvgIpc) is 3.51. The van der Waals surface area contributed by atoms with Crippen LogP contribution in [0.1, 0.15) is 29.0 Å². The summed E-state index contributed by atoms with van der Waals surface area (Å²) in [6.45, 7) is 5.93. The molecular weight excluding hydrogens is 466 g/mol. The smallest absolute Gasteiger partial charge is 0.267 e. The molecule has 5 rings (SSSR count). The molecule has 0 aliphatic carbocycles. The van der Waals surface area contributed by atoms with Gasteiger partial charge in [0.2, 0.25) is 11.7 Å². The Balaban J connectivity index is 1.56. The number of para-hydroxylation sites is 1. The maximum absolute atomic E-state index is 13.5. The number of thioether (sulfide) groups is 1. The van der Waals surface area contributed by atoms with Crippen molar-refractivity contribution in [2.24, 2.45) is 0 Å². The molecule has 0 spiro atoms. The van der Waals surface area contributed by atoms with Crippen molar-refractivity contribution in [3.63, 3.8) is 0 Å². The third-order valence-electron chi connectivity index (χ3n) is 5.68. The zero-order chi connectivity index (χ0) is 23.8. The van der Waals surface area contributed by atoms with Crippen LogP contribution >= 0.6 is 23.1 Å². The van der Waals surface area contributed by atoms with Gasteiger partial charge >= 0.3 is 0 Å². The van der Waals surface area contributed by atoms with E-state index in [0.717, 1.165) is 21.7 Å². The van der Waals surface area contributed by atoms with E-state index in [1.165, 1.54) is 11.8 Å². The molecule has 1 atom stereocenters. The number of hydrogen-bond acceptors (Lipinski definition) is 6. The van der Waals surface area contributed by atoms with Gasteiger partial charge in [-0.15, -0.1) is 21.5 Å². The predicted octanol–water partition coefficient (Wildman–Crippen LogP) is 4.68. The molecule has 1 unspecified atom stereocenters. The highest BCUT2D eigenvalue weighted by Gasteiger charge is 2.20. The molecule has 9 heteroatoms. The molecule has 0 saturated carbocycles. The molecule has 1 N–H and O–H groups in total. The summed E-state index contributed by atoms with van der Waals surface area (Å²) in [7, 11) is 0. The van der Waals surface area contributed by atoms with Crippen molar-refractivity contribution < 1.29 is 4.79 Å². The third kappa shape index (κ3) is 4.01. The molecule has 0 aliphatic heterocycles. The summed E-state index contributed by atoms with van der Waals surface area (Å²) in [4.78, 5) is 27.3. The van der Waals surface area contributed by atoms with E-state index in [2.05, 4.69) is 15.5 Å². The molecule has 7 nitrogen and oxygen atoms in total. The summed E-state index contributed by atoms with van der Waals surface area (Å²) >= 11 is 2.92. The van der Waals surface area contributed by atoms with Crippen LogP contribution in [0.5, 0.6) is 0 Å². The van der Waals surface area contributed by atoms with Crippen molar-refractivity contribution in [3.05, 3.63) is 86.3 Å². The minimum absolute atomic E-state index is 0.0569. The fourth-order valence-electron chi connectivity index (χ4n) is 3.97. The summed E-state index contributed by atoms with van der Waals surface area (Å²) in [6, 6.07) is 17.3. The highest BCUT2D eigenvalue weighted by molar-refractivity contribution is 7.99. The van der Waals surface area contributed by atoms with Crippen LogP contribution in [0.15, 0.2) is 69.9 Å². The van der Waals surface area contributed by atoms with E-state index in [9.17, 15) is 9.59 Å². The van der Waals surface area contributed by atoms with Gasteiger partial charge in [0.1, 0.15) is 0 Å². The number of hydrogen-bond donors (Lipinski definition) is 1. The second-order valence-electron chi connectivity index (χ2n) is 8.16. The van der Waals surface area contributed by atoms with Crippen molar-refractivity contribution in [1.29, 1.82) is 0 Å². The van der Waals surface area contributed by atoms with Crippen LogP contribution in [0.4, 0.5) is 0 Å². The minimum Gasteiger partial charge on any atom is -0.348 e. The second kappa shape index (κ2) is 9.08. The second-order valence-corrected chi connectivity index (χ2v) is 10.1. The number of nitrogens with zero attached hydrogens (tertiary/aromatic N) is 4. The number of fused-ring (bicyclic) bond motifs is 3. The van der Waals surface area contributed by atoms with Crippen molar-refractivity contribution >= 4 is 45.7 Å². The first-order valence-electron chi connectivity index (χ1n) is 10.9. The van der Waals surface area contributed by atoms with E-state index in [4.69, 9.17) is 0 Å². The average molecular weight is 490 g/mol. The molecule has 34 heavy (non-hydrogen) atoms. The van der Waals surface area contributed by atoms with Gasteiger partial charge in [0, 0.05) is 4.88 Å². The predicted molar refractivity (Wildman–Crippen MR) is 137 cm³/mol. The van der Waals surface area contributed by atoms with Gasteiger partial charge in [0.05, 0.1) is 28.4 Å². The van der Waals surface area contributed by atoms with Crippen LogP contribution in [-0.2, 0) is 4.79 Å². The molecule has 1 amide bonds. The Hall–Kier alpha value is -3.43. The van der Waals surface area contributed by atoms with Crippen molar-refractivity contribution in [2.75, 3.05) is 5.75 Å². The molecular formula is C25H23N5O2S2. The maximum atomic E-state index is 13.5. The Kier molecular flexibility index (Phi) is 5.97. The largest absolute Gasteiger partial charge is 0.348 e. The molecule has 0 saturated heterocycles. The fourth-order valence-corrected chi connectivity index (χ4v) is 5.46. The van der Waals surface area contributed by atoms with Gasteiger partial charge in [0.15, 0.2) is 5.16 Å². The van der Waals surface area contributed by atoms with Crippen molar-refractivity contribution in [2.45, 2.75) is 32.0 Å². The first-order valence-corrected chi connectivity index (χ1v) is 12.7. The lowest BCUT2D eigenvalue weighted by atomic mass is 10.1. The quantitative estimate of drug-likeness (QED) is 0.350. The van der Waals surface area contributed by atoms with Crippen LogP contribution in [0.2, 0.25) is 0 Å². The zero-order valence-electron chi connectivity index (χ0n) is 19.0. The number of carbonyl (C=O) groups is 1. The Bertz CT molecular complexity index is 1570. The number of rotatable bonds is 6. The van der Waals surface area contributed by atoms with Gasteiger partial charge in [-0.25, -0.2) is 4.57 Å². The number of amides is 1. The number of aromatic nitrogens is 4. The van der Waals surface area contributed by atoms with E-state index in [1.54, 1.807) is 15.9 Å². The maximum Gasteiger partial charge on any atom is 0.267 e. The minimum atomic E-state index is -0.150. The molecule has 3 heterocycles. The first kappa shape index (κ1) is 22.4. The van der Waals surface area contributed by atoms with Crippen LogP contribution in [-0.4, -0.2) is 30.8 Å². The van der Waals surface area contributed by atoms with E-state index < -0.39 is 0 Å². The lowest BCUT2D eigenvalue weighted by Crippen LogP contribution is -2.27. The zero-order valence-corrected chi connectivity index (χ0v) is 20.6. The van der Waals surface area contributed by atoms with Gasteiger partial charge in [-0.2, -0.15) is 0 Å². The first-order chi connectivity index (χ1) is 16.4. The molecule has 5 aromatic rings. The standard InChI is InChI=1S/C25H23N5O2S2/c1-15-10-11-16(2)20(13-15)29-23(32)18-7-4-5-8-19(18)30-24(29)27-28-25(30)34-14-22(31)26-17(3)21-9-6-12-33-21/h4-13,17H,14H2,1-3H3,(H,26,31). The van der Waals surface area contributed by atoms with E-state index >= 15 is 0 Å². The van der Waals surface area contributed by atoms with E-state index in [-0.39, 0.29) is 23.3 Å². The molecule has 0 aliphatic rings. The third-order valence-corrected chi connectivity index (χ3v) is 7.66. The van der Waals surface area contributed by atoms with Gasteiger partial charge in [-0.3, -0.25) is 14.0 Å². The summed E-state index contributed by atoms with van der Waals surface area (Å²) < 4.78 is 3.47. The Morgan fingerprint density at radius 1 is 1.12 bits per heavy atom. The Morgan fingerprint density at radius 3 is 2.74 bits per heavy atom. The van der Waals surface area contributed by atoms with Gasteiger partial charge in [-0.05, 0) is 61.5 Å². The number of benzene rings is 2. The molecule has 172 valence electrons. The summed E-state index contributed by atoms with van der Waals surface area (Å²) in [5, 5.41) is 14.9. The molecule has 3 aromatic heterocycles. The number of carbonyl (C=O) groups excluding carboxylic acids is 1. The monoisotopic (exact) mass is 489 g/mol. The van der Waals surface area contributed by atoms with Gasteiger partial charge in [0.25, 0.3) is 5.56 Å². The molecule has 0 fully saturated rings. The Morgan fingerprint density at radius 2 is 1.94 bits per heavy atom. The topological polar surface area (TPSA) is 81.3 Å². The van der Waals surface area contributed by atoms with Gasteiger partial charge in [-0.1, -0.05) is 42.1 Å². The lowest BCUT2D eigenvalue weighted by Gasteiger charge is -2.14. The summed E-state index contributed by atoms with van der Waals surface area (Å²) in [5.74, 6) is 0.523. The SMILES string of the molecule is Cc1ccc(C)c(-n2c(=O)c3ccccc3n3c(SCC(=O)NC(C)c4cccs4)nnc23)c1. The number of thiophene rings is 1. The highest BCUT2D eigenvalue weighted by atomic mass is 32.2. The van der Waals surface area contributed by atoms with Crippen LogP contribution < -0.4 is 10.9 Å². The number of nitrogens with one attached hydrogen (secondary N) is 1. The lowest BCUT2D eigenvalue weighted by molar-refractivity contribution is -0.119. The van der Waals surface area contributed by atoms with Gasteiger partial charge < -0.3 is 5.32 Å². The number of aryl methyl sites for hydroxylation is 2. The van der Waals surface area contributed by atoms with Crippen molar-refractivity contribution in [3.8, 4) is 5.69 Å². The molecule has 0 radical (unpaired) electrons. The van der Waals surface area contributed by atoms with Crippen LogP contribution in [0, 0.1) is 13.8 Å². The van der Waals surface area contributed by atoms with Crippen molar-refractivity contribution in [1.82, 2.24) is 24.5 Å². The fraction of sp³-hybridized carbons (Fsp3) is 0.200. The van der Waals surface area contributed by atoms with Crippen LogP contribution in [0.3, 0.4) is 0 Å². The van der Waals surface area contributed by atoms with E-state index in [0.29, 0.717) is 21.8 Å². The van der Waals surface area contributed by atoms with E-state index in [1.807, 2.05) is 85.1 Å². The Labute approximate surface area is 204 Å². The highest BCUT2D eigenvalue weighted by Crippen LogP contribution is 2.25. The normalized spacial score (nSPS) is 12.3. The molecule has 2 aromatic carbocycles. The molecule has 0 bridgehead atoms. The summed E-state index contributed by atoms with van der Waals surface area (Å²) in [6.07, 6.45) is 0.